The van der Waals surface area contributed by atoms with E-state index in [4.69, 9.17) is 5.11 Å². The van der Waals surface area contributed by atoms with Gasteiger partial charge in [0.15, 0.2) is 0 Å². The molecule has 2 aromatic rings. The number of carbonyl (C=O) groups is 2. The van der Waals surface area contributed by atoms with Gasteiger partial charge in [0.2, 0.25) is 5.91 Å². The molecular weight excluding hydrogens is 314 g/mol. The number of hydrogen-bond acceptors (Lipinski definition) is 6. The lowest BCUT2D eigenvalue weighted by Gasteiger charge is -2.20. The number of rotatable bonds is 3. The van der Waals surface area contributed by atoms with Gasteiger partial charge in [-0.15, -0.1) is 23.1 Å². The van der Waals surface area contributed by atoms with Crippen LogP contribution in [-0.4, -0.2) is 49.1 Å². The van der Waals surface area contributed by atoms with Gasteiger partial charge in [-0.2, -0.15) is 0 Å². The molecule has 0 radical (unpaired) electrons. The molecule has 0 unspecified atom stereocenters. The van der Waals surface area contributed by atoms with Gasteiger partial charge in [-0.1, -0.05) is 0 Å². The lowest BCUT2D eigenvalue weighted by atomic mass is 10.3. The van der Waals surface area contributed by atoms with E-state index in [0.717, 1.165) is 0 Å². The molecule has 0 saturated carbocycles. The van der Waals surface area contributed by atoms with Gasteiger partial charge < -0.3 is 10.0 Å². The molecule has 7 nitrogen and oxygen atoms in total. The van der Waals surface area contributed by atoms with E-state index in [2.05, 4.69) is 4.98 Å². The summed E-state index contributed by atoms with van der Waals surface area (Å²) in [6, 6.07) is 0.846. The Morgan fingerprint density at radius 3 is 3.05 bits per heavy atom. The SMILES string of the molecule is O=C(O)[C@@H]1CSCN1C(=O)Cn1cnc2sccc2c1=O. The summed E-state index contributed by atoms with van der Waals surface area (Å²) >= 11 is 2.75. The Hall–Kier alpha value is -1.87. The van der Waals surface area contributed by atoms with E-state index in [1.165, 1.54) is 38.9 Å². The monoisotopic (exact) mass is 325 g/mol. The number of aromatic nitrogens is 2. The van der Waals surface area contributed by atoms with Crippen molar-refractivity contribution in [3.05, 3.63) is 28.1 Å². The third kappa shape index (κ3) is 2.54. The van der Waals surface area contributed by atoms with Crippen LogP contribution >= 0.6 is 23.1 Å². The summed E-state index contributed by atoms with van der Waals surface area (Å²) in [6.45, 7) is -0.193. The minimum absolute atomic E-state index is 0.193. The first-order chi connectivity index (χ1) is 10.1. The third-order valence-electron chi connectivity index (χ3n) is 3.24. The van der Waals surface area contributed by atoms with Gasteiger partial charge in [0.05, 0.1) is 17.6 Å². The van der Waals surface area contributed by atoms with Crippen molar-refractivity contribution in [1.29, 1.82) is 0 Å². The Bertz CT molecular complexity index is 769. The molecule has 3 heterocycles. The third-order valence-corrected chi connectivity index (χ3v) is 5.08. The number of carbonyl (C=O) groups excluding carboxylic acids is 1. The van der Waals surface area contributed by atoms with Crippen LogP contribution in [0, 0.1) is 0 Å². The first-order valence-corrected chi connectivity index (χ1v) is 8.14. The molecule has 2 aromatic heterocycles. The Labute approximate surface area is 127 Å². The second kappa shape index (κ2) is 5.49. The maximum absolute atomic E-state index is 12.2. The van der Waals surface area contributed by atoms with Crippen LogP contribution < -0.4 is 5.56 Å². The molecule has 0 bridgehead atoms. The van der Waals surface area contributed by atoms with Crippen molar-refractivity contribution >= 4 is 45.2 Å². The molecule has 1 fully saturated rings. The molecule has 110 valence electrons. The zero-order valence-corrected chi connectivity index (χ0v) is 12.4. The molecule has 1 aliphatic heterocycles. The van der Waals surface area contributed by atoms with Crippen molar-refractivity contribution < 1.29 is 14.7 Å². The van der Waals surface area contributed by atoms with Gasteiger partial charge in [-0.05, 0) is 11.4 Å². The normalized spacial score (nSPS) is 18.3. The highest BCUT2D eigenvalue weighted by molar-refractivity contribution is 7.99. The number of aliphatic carboxylic acids is 1. The van der Waals surface area contributed by atoms with Crippen molar-refractivity contribution in [2.75, 3.05) is 11.6 Å². The van der Waals surface area contributed by atoms with Gasteiger partial charge in [0, 0.05) is 5.75 Å². The zero-order valence-electron chi connectivity index (χ0n) is 10.8. The van der Waals surface area contributed by atoms with Crippen molar-refractivity contribution in [2.24, 2.45) is 0 Å². The van der Waals surface area contributed by atoms with E-state index in [9.17, 15) is 14.4 Å². The topological polar surface area (TPSA) is 92.5 Å². The number of hydrogen-bond donors (Lipinski definition) is 1. The first-order valence-electron chi connectivity index (χ1n) is 6.10. The Balaban J connectivity index is 1.85. The molecular formula is C12H11N3O4S2. The molecule has 1 atom stereocenters. The van der Waals surface area contributed by atoms with E-state index in [0.29, 0.717) is 21.8 Å². The van der Waals surface area contributed by atoms with Gasteiger partial charge in [-0.25, -0.2) is 9.78 Å². The number of thioether (sulfide) groups is 1. The molecule has 3 rings (SSSR count). The van der Waals surface area contributed by atoms with E-state index in [1.807, 2.05) is 0 Å². The number of thiophene rings is 1. The summed E-state index contributed by atoms with van der Waals surface area (Å²) in [7, 11) is 0. The van der Waals surface area contributed by atoms with Crippen LogP contribution in [0.25, 0.3) is 10.2 Å². The fourth-order valence-electron chi connectivity index (χ4n) is 2.14. The predicted molar refractivity (Wildman–Crippen MR) is 79.5 cm³/mol. The number of carboxylic acid groups (broad SMARTS) is 1. The predicted octanol–water partition coefficient (Wildman–Crippen LogP) is 0.444. The molecule has 0 aliphatic carbocycles. The molecule has 0 spiro atoms. The fourth-order valence-corrected chi connectivity index (χ4v) is 4.03. The van der Waals surface area contributed by atoms with Crippen LogP contribution in [0.2, 0.25) is 0 Å². The quantitative estimate of drug-likeness (QED) is 0.880. The molecule has 1 N–H and O–H groups in total. The number of fused-ring (bicyclic) bond motifs is 1. The second-order valence-corrected chi connectivity index (χ2v) is 6.43. The summed E-state index contributed by atoms with van der Waals surface area (Å²) in [4.78, 5) is 41.5. The van der Waals surface area contributed by atoms with Crippen LogP contribution in [0.15, 0.2) is 22.6 Å². The van der Waals surface area contributed by atoms with E-state index in [-0.39, 0.29) is 18.0 Å². The zero-order chi connectivity index (χ0) is 15.0. The van der Waals surface area contributed by atoms with Crippen molar-refractivity contribution in [1.82, 2.24) is 14.5 Å². The van der Waals surface area contributed by atoms with Crippen molar-refractivity contribution in [3.63, 3.8) is 0 Å². The van der Waals surface area contributed by atoms with Crippen LogP contribution in [0.4, 0.5) is 0 Å². The summed E-state index contributed by atoms with van der Waals surface area (Å²) in [6.07, 6.45) is 1.33. The van der Waals surface area contributed by atoms with E-state index < -0.39 is 12.0 Å². The maximum Gasteiger partial charge on any atom is 0.327 e. The van der Waals surface area contributed by atoms with Crippen molar-refractivity contribution in [3.8, 4) is 0 Å². The molecule has 1 aliphatic rings. The van der Waals surface area contributed by atoms with Crippen LogP contribution in [0.1, 0.15) is 0 Å². The molecule has 0 aromatic carbocycles. The number of nitrogens with zero attached hydrogens (tertiary/aromatic N) is 3. The largest absolute Gasteiger partial charge is 0.480 e. The molecule has 9 heteroatoms. The van der Waals surface area contributed by atoms with Gasteiger partial charge >= 0.3 is 5.97 Å². The highest BCUT2D eigenvalue weighted by Gasteiger charge is 2.34. The summed E-state index contributed by atoms with van der Waals surface area (Å²) in [5, 5.41) is 11.3. The average molecular weight is 325 g/mol. The standard InChI is InChI=1S/C12H11N3O4S2/c16-9(15-6-20-4-8(15)12(18)19)3-14-5-13-10-7(11(14)17)1-2-21-10/h1-2,5,8H,3-4,6H2,(H,18,19)/t8-/m0/s1. The summed E-state index contributed by atoms with van der Waals surface area (Å²) in [5.41, 5.74) is -0.284. The van der Waals surface area contributed by atoms with Gasteiger partial charge in [-0.3, -0.25) is 14.2 Å². The fraction of sp³-hybridized carbons (Fsp3) is 0.333. The molecule has 21 heavy (non-hydrogen) atoms. The Kier molecular flexibility index (Phi) is 3.68. The van der Waals surface area contributed by atoms with Gasteiger partial charge in [0.1, 0.15) is 17.4 Å². The summed E-state index contributed by atoms with van der Waals surface area (Å²) < 4.78 is 1.22. The van der Waals surface area contributed by atoms with Crippen LogP contribution in [-0.2, 0) is 16.1 Å². The van der Waals surface area contributed by atoms with Crippen LogP contribution in [0.3, 0.4) is 0 Å². The maximum atomic E-state index is 12.2. The van der Waals surface area contributed by atoms with Gasteiger partial charge in [0.25, 0.3) is 5.56 Å². The second-order valence-electron chi connectivity index (χ2n) is 4.53. The molecule has 1 saturated heterocycles. The lowest BCUT2D eigenvalue weighted by molar-refractivity contribution is -0.148. The number of amides is 1. The van der Waals surface area contributed by atoms with Crippen molar-refractivity contribution in [2.45, 2.75) is 12.6 Å². The van der Waals surface area contributed by atoms with Crippen LogP contribution in [0.5, 0.6) is 0 Å². The lowest BCUT2D eigenvalue weighted by Crippen LogP contribution is -2.44. The highest BCUT2D eigenvalue weighted by Crippen LogP contribution is 2.21. The average Bonchev–Trinajstić information content (AvgIpc) is 3.09. The first kappa shape index (κ1) is 14.1. The smallest absolute Gasteiger partial charge is 0.327 e. The highest BCUT2D eigenvalue weighted by atomic mass is 32.2. The minimum atomic E-state index is -1.02. The van der Waals surface area contributed by atoms with E-state index >= 15 is 0 Å². The van der Waals surface area contributed by atoms with E-state index in [1.54, 1.807) is 11.4 Å². The number of carboxylic acids is 1. The minimum Gasteiger partial charge on any atom is -0.480 e. The summed E-state index contributed by atoms with van der Waals surface area (Å²) in [5.74, 6) is -0.700. The molecule has 1 amide bonds. The Morgan fingerprint density at radius 1 is 1.48 bits per heavy atom. The Morgan fingerprint density at radius 2 is 2.29 bits per heavy atom.